The minimum atomic E-state index is -0.111. The monoisotopic (exact) mass is 295 g/mol. The van der Waals surface area contributed by atoms with E-state index < -0.39 is 0 Å². The summed E-state index contributed by atoms with van der Waals surface area (Å²) in [6, 6.07) is 0.298. The maximum Gasteiger partial charge on any atom is 0.261 e. The molecule has 0 radical (unpaired) electrons. The molecule has 1 aromatic rings. The first-order valence-electron chi connectivity index (χ1n) is 6.98. The maximum absolute atomic E-state index is 12.4. The summed E-state index contributed by atoms with van der Waals surface area (Å²) in [5, 5.41) is 3.37. The number of hydrogen-bond acceptors (Lipinski definition) is 4. The molecule has 0 aliphatic heterocycles. The molecule has 1 saturated carbocycles. The quantitative estimate of drug-likeness (QED) is 0.872. The Morgan fingerprint density at radius 2 is 1.95 bits per heavy atom. The minimum absolute atomic E-state index is 0.0910. The molecule has 0 unspecified atom stereocenters. The van der Waals surface area contributed by atoms with Gasteiger partial charge >= 0.3 is 0 Å². The minimum Gasteiger partial charge on any atom is -0.390 e. The normalized spacial score (nSPS) is 14.2. The van der Waals surface area contributed by atoms with Crippen LogP contribution in [-0.2, 0) is 0 Å². The van der Waals surface area contributed by atoms with Crippen LogP contribution in [-0.4, -0.2) is 35.8 Å². The van der Waals surface area contributed by atoms with Gasteiger partial charge in [-0.25, -0.2) is 0 Å². The molecule has 20 heavy (non-hydrogen) atoms. The molecule has 0 saturated heterocycles. The number of nitrogens with two attached hydrogens (primary N) is 1. The van der Waals surface area contributed by atoms with Crippen LogP contribution in [0.25, 0.3) is 0 Å². The highest BCUT2D eigenvalue weighted by Gasteiger charge is 2.29. The summed E-state index contributed by atoms with van der Waals surface area (Å²) in [7, 11) is 0. The number of thiophene rings is 1. The summed E-state index contributed by atoms with van der Waals surface area (Å²) in [5.41, 5.74) is 7.15. The summed E-state index contributed by atoms with van der Waals surface area (Å²) < 4.78 is 0. The number of nitrogens with zero attached hydrogens (tertiary/aromatic N) is 1. The molecular formula is C14H21N3O2S. The number of carbonyl (C=O) groups excluding carboxylic acids is 2. The lowest BCUT2D eigenvalue weighted by Crippen LogP contribution is -2.31. The number of carbonyl (C=O) groups is 2. The molecule has 110 valence electrons. The van der Waals surface area contributed by atoms with Crippen molar-refractivity contribution in [2.24, 2.45) is 0 Å². The number of nitrogens with one attached hydrogen (secondary N) is 1. The van der Waals surface area contributed by atoms with Crippen LogP contribution in [0.3, 0.4) is 0 Å². The molecule has 1 heterocycles. The first-order chi connectivity index (χ1) is 9.49. The van der Waals surface area contributed by atoms with E-state index in [1.165, 1.54) is 11.3 Å². The number of rotatable bonds is 5. The molecular weight excluding hydrogens is 274 g/mol. The molecule has 1 fully saturated rings. The molecule has 6 heteroatoms. The van der Waals surface area contributed by atoms with Gasteiger partial charge in [0, 0.05) is 19.1 Å². The van der Waals surface area contributed by atoms with E-state index in [9.17, 15) is 9.59 Å². The molecule has 0 spiro atoms. The Labute approximate surface area is 123 Å². The molecule has 1 aromatic heterocycles. The van der Waals surface area contributed by atoms with Crippen molar-refractivity contribution in [3.8, 4) is 0 Å². The third-order valence-corrected chi connectivity index (χ3v) is 4.68. The Balaban J connectivity index is 2.27. The van der Waals surface area contributed by atoms with Gasteiger partial charge in [0.1, 0.15) is 0 Å². The van der Waals surface area contributed by atoms with Crippen LogP contribution >= 0.6 is 11.3 Å². The summed E-state index contributed by atoms with van der Waals surface area (Å²) in [4.78, 5) is 26.8. The lowest BCUT2D eigenvalue weighted by atomic mass is 10.1. The second kappa shape index (κ2) is 5.83. The Kier molecular flexibility index (Phi) is 4.32. The number of anilines is 1. The molecule has 2 rings (SSSR count). The highest BCUT2D eigenvalue weighted by atomic mass is 32.1. The van der Waals surface area contributed by atoms with Gasteiger partial charge in [0.2, 0.25) is 0 Å². The van der Waals surface area contributed by atoms with Gasteiger partial charge in [-0.05, 0) is 39.2 Å². The molecule has 1 aliphatic carbocycles. The predicted molar refractivity (Wildman–Crippen MR) is 81.2 cm³/mol. The van der Waals surface area contributed by atoms with E-state index >= 15 is 0 Å². The topological polar surface area (TPSA) is 75.4 Å². The summed E-state index contributed by atoms with van der Waals surface area (Å²) >= 11 is 1.20. The van der Waals surface area contributed by atoms with Gasteiger partial charge in [0.15, 0.2) is 0 Å². The van der Waals surface area contributed by atoms with E-state index in [1.54, 1.807) is 11.8 Å². The average Bonchev–Trinajstić information content (AvgIpc) is 3.15. The summed E-state index contributed by atoms with van der Waals surface area (Å²) in [6.45, 7) is 6.92. The summed E-state index contributed by atoms with van der Waals surface area (Å²) in [5.74, 6) is -0.202. The molecule has 0 aromatic carbocycles. The zero-order valence-corrected chi connectivity index (χ0v) is 13.0. The Hall–Kier alpha value is -1.56. The molecule has 5 nitrogen and oxygen atoms in total. The van der Waals surface area contributed by atoms with Gasteiger partial charge in [-0.15, -0.1) is 11.3 Å². The SMILES string of the molecule is CCN(CC)C(=O)c1c(N)sc(C(=O)NC2CC2)c1C. The van der Waals surface area contributed by atoms with Gasteiger partial charge in [0.25, 0.3) is 11.8 Å². The van der Waals surface area contributed by atoms with Crippen LogP contribution in [0.4, 0.5) is 5.00 Å². The number of hydrogen-bond donors (Lipinski definition) is 2. The second-order valence-electron chi connectivity index (χ2n) is 5.02. The van der Waals surface area contributed by atoms with E-state index in [-0.39, 0.29) is 11.8 Å². The Morgan fingerprint density at radius 1 is 1.35 bits per heavy atom. The Bertz CT molecular complexity index is 531. The van der Waals surface area contributed by atoms with Crippen molar-refractivity contribution < 1.29 is 9.59 Å². The molecule has 2 amide bonds. The third-order valence-electron chi connectivity index (χ3n) is 3.56. The van der Waals surface area contributed by atoms with Crippen LogP contribution in [0.1, 0.15) is 52.3 Å². The Morgan fingerprint density at radius 3 is 2.45 bits per heavy atom. The largest absolute Gasteiger partial charge is 0.390 e. The predicted octanol–water partition coefficient (Wildman–Crippen LogP) is 2.01. The highest BCUT2D eigenvalue weighted by molar-refractivity contribution is 7.18. The van der Waals surface area contributed by atoms with Gasteiger partial charge in [0.05, 0.1) is 15.4 Å². The van der Waals surface area contributed by atoms with Crippen molar-refractivity contribution >= 4 is 28.2 Å². The average molecular weight is 295 g/mol. The molecule has 3 N–H and O–H groups in total. The van der Waals surface area contributed by atoms with Gasteiger partial charge in [-0.1, -0.05) is 0 Å². The summed E-state index contributed by atoms with van der Waals surface area (Å²) in [6.07, 6.45) is 2.08. The molecule has 1 aliphatic rings. The van der Waals surface area contributed by atoms with E-state index in [0.717, 1.165) is 12.8 Å². The van der Waals surface area contributed by atoms with E-state index in [1.807, 2.05) is 13.8 Å². The first-order valence-corrected chi connectivity index (χ1v) is 7.80. The van der Waals surface area contributed by atoms with Crippen molar-refractivity contribution in [1.29, 1.82) is 0 Å². The number of nitrogen functional groups attached to an aromatic ring is 1. The maximum atomic E-state index is 12.4. The van der Waals surface area contributed by atoms with E-state index in [0.29, 0.717) is 40.1 Å². The first kappa shape index (κ1) is 14.8. The zero-order chi connectivity index (χ0) is 14.9. The highest BCUT2D eigenvalue weighted by Crippen LogP contribution is 2.32. The van der Waals surface area contributed by atoms with E-state index in [2.05, 4.69) is 5.32 Å². The fourth-order valence-electron chi connectivity index (χ4n) is 2.17. The van der Waals surface area contributed by atoms with Crippen LogP contribution in [0, 0.1) is 6.92 Å². The second-order valence-corrected chi connectivity index (χ2v) is 6.07. The fraction of sp³-hybridized carbons (Fsp3) is 0.571. The molecule has 0 atom stereocenters. The zero-order valence-electron chi connectivity index (χ0n) is 12.2. The number of amides is 2. The standard InChI is InChI=1S/C14H21N3O2S/c1-4-17(5-2)14(19)10-8(3)11(20-12(10)15)13(18)16-9-6-7-9/h9H,4-7,15H2,1-3H3,(H,16,18). The van der Waals surface area contributed by atoms with Crippen LogP contribution in [0.15, 0.2) is 0 Å². The smallest absolute Gasteiger partial charge is 0.261 e. The van der Waals surface area contributed by atoms with E-state index in [4.69, 9.17) is 5.73 Å². The van der Waals surface area contributed by atoms with Crippen molar-refractivity contribution in [2.45, 2.75) is 39.7 Å². The van der Waals surface area contributed by atoms with Crippen molar-refractivity contribution in [3.63, 3.8) is 0 Å². The fourth-order valence-corrected chi connectivity index (χ4v) is 3.14. The van der Waals surface area contributed by atoms with Crippen molar-refractivity contribution in [3.05, 3.63) is 16.0 Å². The van der Waals surface area contributed by atoms with Crippen LogP contribution in [0.2, 0.25) is 0 Å². The molecule has 0 bridgehead atoms. The van der Waals surface area contributed by atoms with Crippen LogP contribution < -0.4 is 11.1 Å². The lowest BCUT2D eigenvalue weighted by molar-refractivity contribution is 0.0774. The van der Waals surface area contributed by atoms with Crippen molar-refractivity contribution in [1.82, 2.24) is 10.2 Å². The van der Waals surface area contributed by atoms with Gasteiger partial charge in [-0.3, -0.25) is 9.59 Å². The lowest BCUT2D eigenvalue weighted by Gasteiger charge is -2.18. The van der Waals surface area contributed by atoms with Crippen LogP contribution in [0.5, 0.6) is 0 Å². The van der Waals surface area contributed by atoms with Crippen molar-refractivity contribution in [2.75, 3.05) is 18.8 Å². The third kappa shape index (κ3) is 2.80. The van der Waals surface area contributed by atoms with Gasteiger partial charge in [-0.2, -0.15) is 0 Å². The van der Waals surface area contributed by atoms with Gasteiger partial charge < -0.3 is 16.0 Å².